The second-order valence-electron chi connectivity index (χ2n) is 6.26. The van der Waals surface area contributed by atoms with Crippen molar-refractivity contribution in [1.29, 1.82) is 0 Å². The van der Waals surface area contributed by atoms with Crippen LogP contribution < -0.4 is 5.32 Å². The lowest BCUT2D eigenvalue weighted by Crippen LogP contribution is -2.61. The second kappa shape index (κ2) is 5.71. The Kier molecular flexibility index (Phi) is 4.48. The van der Waals surface area contributed by atoms with Gasteiger partial charge >= 0.3 is 0 Å². The molecule has 4 unspecified atom stereocenters. The Hall–Kier alpha value is -0.0800. The molecule has 0 aromatic heterocycles. The first-order valence-electron chi connectivity index (χ1n) is 7.66. The average molecular weight is 238 g/mol. The van der Waals surface area contributed by atoms with E-state index in [4.69, 9.17) is 0 Å². The summed E-state index contributed by atoms with van der Waals surface area (Å²) in [6.07, 6.45) is 5.51. The molecule has 2 nitrogen and oxygen atoms in total. The van der Waals surface area contributed by atoms with Gasteiger partial charge in [0.1, 0.15) is 0 Å². The third-order valence-corrected chi connectivity index (χ3v) is 5.08. The minimum Gasteiger partial charge on any atom is -0.311 e. The van der Waals surface area contributed by atoms with E-state index in [0.717, 1.165) is 23.9 Å². The molecule has 2 rings (SSSR count). The molecule has 0 amide bonds. The third kappa shape index (κ3) is 3.03. The summed E-state index contributed by atoms with van der Waals surface area (Å²) in [5.74, 6) is 1.80. The zero-order chi connectivity index (χ0) is 12.4. The van der Waals surface area contributed by atoms with Gasteiger partial charge in [-0.1, -0.05) is 27.2 Å². The zero-order valence-corrected chi connectivity index (χ0v) is 12.1. The molecule has 0 aromatic rings. The SMILES string of the molecule is CCC(C)C1CN(C(C)CC)C(C2CC2)CN1. The molecule has 2 fully saturated rings. The summed E-state index contributed by atoms with van der Waals surface area (Å²) < 4.78 is 0. The lowest BCUT2D eigenvalue weighted by atomic mass is 9.93. The van der Waals surface area contributed by atoms with Gasteiger partial charge in [-0.3, -0.25) is 4.90 Å². The molecule has 0 bridgehead atoms. The number of hydrogen-bond acceptors (Lipinski definition) is 2. The Labute approximate surface area is 107 Å². The van der Waals surface area contributed by atoms with Crippen LogP contribution in [0.1, 0.15) is 53.4 Å². The highest BCUT2D eigenvalue weighted by molar-refractivity contribution is 4.97. The second-order valence-corrected chi connectivity index (χ2v) is 6.26. The van der Waals surface area contributed by atoms with E-state index >= 15 is 0 Å². The van der Waals surface area contributed by atoms with Gasteiger partial charge in [0.2, 0.25) is 0 Å². The maximum absolute atomic E-state index is 3.81. The lowest BCUT2D eigenvalue weighted by molar-refractivity contribution is 0.0601. The van der Waals surface area contributed by atoms with Crippen LogP contribution in [0.4, 0.5) is 0 Å². The summed E-state index contributed by atoms with van der Waals surface area (Å²) in [6.45, 7) is 11.9. The first-order valence-corrected chi connectivity index (χ1v) is 7.66. The molecule has 2 aliphatic rings. The Morgan fingerprint density at radius 3 is 2.41 bits per heavy atom. The smallest absolute Gasteiger partial charge is 0.0252 e. The fourth-order valence-electron chi connectivity index (χ4n) is 3.14. The minimum atomic E-state index is 0.712. The summed E-state index contributed by atoms with van der Waals surface area (Å²) in [5, 5.41) is 3.81. The van der Waals surface area contributed by atoms with Gasteiger partial charge in [0, 0.05) is 31.2 Å². The summed E-state index contributed by atoms with van der Waals surface area (Å²) in [6, 6.07) is 2.29. The van der Waals surface area contributed by atoms with Gasteiger partial charge in [-0.15, -0.1) is 0 Å². The van der Waals surface area contributed by atoms with Crippen LogP contribution in [0.3, 0.4) is 0 Å². The zero-order valence-electron chi connectivity index (χ0n) is 12.1. The van der Waals surface area contributed by atoms with E-state index < -0.39 is 0 Å². The Bertz CT molecular complexity index is 237. The normalized spacial score (nSPS) is 34.6. The number of nitrogens with zero attached hydrogens (tertiary/aromatic N) is 1. The predicted octanol–water partition coefficient (Wildman–Crippen LogP) is 2.88. The maximum atomic E-state index is 3.81. The lowest BCUT2D eigenvalue weighted by Gasteiger charge is -2.45. The standard InChI is InChI=1S/C15H30N2/c1-5-11(3)14-10-17(12(4)6-2)15(9-16-14)13-7-8-13/h11-16H,5-10H2,1-4H3. The Balaban J connectivity index is 1.99. The van der Waals surface area contributed by atoms with E-state index in [-0.39, 0.29) is 0 Å². The highest BCUT2D eigenvalue weighted by atomic mass is 15.3. The molecular formula is C15H30N2. The highest BCUT2D eigenvalue weighted by Gasteiger charge is 2.40. The van der Waals surface area contributed by atoms with E-state index in [2.05, 4.69) is 37.9 Å². The summed E-state index contributed by atoms with van der Waals surface area (Å²) in [4.78, 5) is 2.81. The van der Waals surface area contributed by atoms with Crippen molar-refractivity contribution in [3.63, 3.8) is 0 Å². The first-order chi connectivity index (χ1) is 8.17. The molecule has 0 radical (unpaired) electrons. The molecule has 1 saturated carbocycles. The Morgan fingerprint density at radius 2 is 1.88 bits per heavy atom. The molecule has 1 saturated heterocycles. The molecule has 0 aromatic carbocycles. The molecule has 1 N–H and O–H groups in total. The molecule has 1 aliphatic heterocycles. The number of piperazine rings is 1. The van der Waals surface area contributed by atoms with Crippen molar-refractivity contribution in [1.82, 2.24) is 10.2 Å². The molecule has 0 spiro atoms. The minimum absolute atomic E-state index is 0.712. The monoisotopic (exact) mass is 238 g/mol. The van der Waals surface area contributed by atoms with Crippen LogP contribution in [0.25, 0.3) is 0 Å². The van der Waals surface area contributed by atoms with E-state index in [1.165, 1.54) is 38.8 Å². The fourth-order valence-corrected chi connectivity index (χ4v) is 3.14. The highest BCUT2D eigenvalue weighted by Crippen LogP contribution is 2.37. The van der Waals surface area contributed by atoms with Crippen molar-refractivity contribution < 1.29 is 0 Å². The number of hydrogen-bond donors (Lipinski definition) is 1. The van der Waals surface area contributed by atoms with E-state index in [9.17, 15) is 0 Å². The molecule has 17 heavy (non-hydrogen) atoms. The van der Waals surface area contributed by atoms with Crippen molar-refractivity contribution in [2.75, 3.05) is 13.1 Å². The average Bonchev–Trinajstić information content (AvgIpc) is 3.20. The maximum Gasteiger partial charge on any atom is 0.0252 e. The van der Waals surface area contributed by atoms with E-state index in [1.807, 2.05) is 0 Å². The molecular weight excluding hydrogens is 208 g/mol. The summed E-state index contributed by atoms with van der Waals surface area (Å²) in [7, 11) is 0. The van der Waals surface area contributed by atoms with Crippen LogP contribution in [0, 0.1) is 11.8 Å². The van der Waals surface area contributed by atoms with Crippen molar-refractivity contribution in [2.45, 2.75) is 71.5 Å². The van der Waals surface area contributed by atoms with Gasteiger partial charge in [-0.25, -0.2) is 0 Å². The Morgan fingerprint density at radius 1 is 1.18 bits per heavy atom. The number of nitrogens with one attached hydrogen (secondary N) is 1. The summed E-state index contributed by atoms with van der Waals surface area (Å²) >= 11 is 0. The molecule has 1 aliphatic carbocycles. The van der Waals surface area contributed by atoms with Crippen molar-refractivity contribution in [2.24, 2.45) is 11.8 Å². The van der Waals surface area contributed by atoms with Crippen LogP contribution in [0.5, 0.6) is 0 Å². The van der Waals surface area contributed by atoms with Crippen LogP contribution >= 0.6 is 0 Å². The van der Waals surface area contributed by atoms with Crippen LogP contribution in [0.15, 0.2) is 0 Å². The molecule has 2 heteroatoms. The van der Waals surface area contributed by atoms with Gasteiger partial charge in [-0.05, 0) is 38.0 Å². The van der Waals surface area contributed by atoms with Crippen LogP contribution in [-0.4, -0.2) is 36.1 Å². The fraction of sp³-hybridized carbons (Fsp3) is 1.00. The third-order valence-electron chi connectivity index (χ3n) is 5.08. The summed E-state index contributed by atoms with van der Waals surface area (Å²) in [5.41, 5.74) is 0. The van der Waals surface area contributed by atoms with Crippen LogP contribution in [0.2, 0.25) is 0 Å². The van der Waals surface area contributed by atoms with Gasteiger partial charge in [-0.2, -0.15) is 0 Å². The van der Waals surface area contributed by atoms with Gasteiger partial charge < -0.3 is 5.32 Å². The van der Waals surface area contributed by atoms with Crippen molar-refractivity contribution >= 4 is 0 Å². The van der Waals surface area contributed by atoms with Crippen molar-refractivity contribution in [3.05, 3.63) is 0 Å². The van der Waals surface area contributed by atoms with E-state index in [1.54, 1.807) is 0 Å². The van der Waals surface area contributed by atoms with Gasteiger partial charge in [0.05, 0.1) is 0 Å². The molecule has 4 atom stereocenters. The molecule has 1 heterocycles. The van der Waals surface area contributed by atoms with Crippen LogP contribution in [-0.2, 0) is 0 Å². The number of rotatable bonds is 5. The van der Waals surface area contributed by atoms with E-state index in [0.29, 0.717) is 6.04 Å². The van der Waals surface area contributed by atoms with Gasteiger partial charge in [0.15, 0.2) is 0 Å². The first kappa shape index (κ1) is 13.4. The van der Waals surface area contributed by atoms with Gasteiger partial charge in [0.25, 0.3) is 0 Å². The predicted molar refractivity (Wildman–Crippen MR) is 74.2 cm³/mol. The quantitative estimate of drug-likeness (QED) is 0.792. The topological polar surface area (TPSA) is 15.3 Å². The largest absolute Gasteiger partial charge is 0.311 e. The van der Waals surface area contributed by atoms with Crippen molar-refractivity contribution in [3.8, 4) is 0 Å². The molecule has 100 valence electrons.